The van der Waals surface area contributed by atoms with Gasteiger partial charge < -0.3 is 5.32 Å². The lowest BCUT2D eigenvalue weighted by Crippen LogP contribution is -2.24. The lowest BCUT2D eigenvalue weighted by Gasteiger charge is -2.14. The third-order valence-corrected chi connectivity index (χ3v) is 3.00. The van der Waals surface area contributed by atoms with E-state index in [0.29, 0.717) is 0 Å². The van der Waals surface area contributed by atoms with E-state index in [1.165, 1.54) is 6.08 Å². The van der Waals surface area contributed by atoms with Gasteiger partial charge in [0, 0.05) is 10.5 Å². The fraction of sp³-hybridized carbons (Fsp3) is 0.214. The molecule has 0 fully saturated rings. The summed E-state index contributed by atoms with van der Waals surface area (Å²) in [6.07, 6.45) is 6.94. The van der Waals surface area contributed by atoms with Crippen LogP contribution < -0.4 is 5.32 Å². The van der Waals surface area contributed by atoms with Gasteiger partial charge in [-0.05, 0) is 25.5 Å². The predicted molar refractivity (Wildman–Crippen MR) is 74.7 cm³/mol. The fourth-order valence-electron chi connectivity index (χ4n) is 1.42. The molecule has 0 aromatic heterocycles. The van der Waals surface area contributed by atoms with Crippen LogP contribution in [0.4, 0.5) is 0 Å². The molecule has 1 amide bonds. The van der Waals surface area contributed by atoms with Crippen LogP contribution in [0.1, 0.15) is 25.5 Å². The summed E-state index contributed by atoms with van der Waals surface area (Å²) in [5.41, 5.74) is 1.07. The average Bonchev–Trinajstić information content (AvgIpc) is 2.29. The molecule has 0 aliphatic heterocycles. The normalized spacial score (nSPS) is 13.1. The van der Waals surface area contributed by atoms with E-state index in [1.54, 1.807) is 6.08 Å². The van der Waals surface area contributed by atoms with Gasteiger partial charge >= 0.3 is 0 Å². The maximum Gasteiger partial charge on any atom is 0.244 e. The van der Waals surface area contributed by atoms with Gasteiger partial charge in [-0.15, -0.1) is 0 Å². The molecule has 17 heavy (non-hydrogen) atoms. The largest absolute Gasteiger partial charge is 0.346 e. The first-order valence-electron chi connectivity index (χ1n) is 5.49. The summed E-state index contributed by atoms with van der Waals surface area (Å²) >= 11 is 3.47. The first kappa shape index (κ1) is 13.7. The fourth-order valence-corrected chi connectivity index (χ4v) is 2.05. The van der Waals surface area contributed by atoms with Gasteiger partial charge in [-0.2, -0.15) is 0 Å². The van der Waals surface area contributed by atoms with Crippen molar-refractivity contribution in [3.63, 3.8) is 0 Å². The van der Waals surface area contributed by atoms with Gasteiger partial charge in [0.15, 0.2) is 0 Å². The van der Waals surface area contributed by atoms with Crippen LogP contribution in [0.5, 0.6) is 0 Å². The van der Waals surface area contributed by atoms with Crippen molar-refractivity contribution >= 4 is 21.8 Å². The summed E-state index contributed by atoms with van der Waals surface area (Å²) in [7, 11) is 0. The highest BCUT2D eigenvalue weighted by molar-refractivity contribution is 9.10. The molecular weight excluding hydrogens is 278 g/mol. The second kappa shape index (κ2) is 7.07. The third kappa shape index (κ3) is 4.57. The van der Waals surface area contributed by atoms with Crippen molar-refractivity contribution in [3.05, 3.63) is 58.6 Å². The molecule has 2 nitrogen and oxygen atoms in total. The molecule has 1 atom stereocenters. The second-order valence-electron chi connectivity index (χ2n) is 3.64. The van der Waals surface area contributed by atoms with Crippen LogP contribution in [0.15, 0.2) is 53.0 Å². The third-order valence-electron chi connectivity index (χ3n) is 2.28. The van der Waals surface area contributed by atoms with Gasteiger partial charge in [0.25, 0.3) is 0 Å². The SMILES string of the molecule is C/C=C/C=C/C(=O)NC(C)c1ccccc1Br. The zero-order valence-corrected chi connectivity index (χ0v) is 11.6. The summed E-state index contributed by atoms with van der Waals surface area (Å²) in [4.78, 5) is 11.6. The Morgan fingerprint density at radius 3 is 2.71 bits per heavy atom. The topological polar surface area (TPSA) is 29.1 Å². The van der Waals surface area contributed by atoms with Crippen molar-refractivity contribution in [2.24, 2.45) is 0 Å². The second-order valence-corrected chi connectivity index (χ2v) is 4.49. The van der Waals surface area contributed by atoms with Crippen LogP contribution in [-0.2, 0) is 4.79 Å². The van der Waals surface area contributed by atoms with E-state index in [4.69, 9.17) is 0 Å². The van der Waals surface area contributed by atoms with E-state index in [1.807, 2.05) is 50.3 Å². The smallest absolute Gasteiger partial charge is 0.244 e. The van der Waals surface area contributed by atoms with Crippen LogP contribution in [0.25, 0.3) is 0 Å². The predicted octanol–water partition coefficient (Wildman–Crippen LogP) is 3.76. The Balaban J connectivity index is 2.64. The van der Waals surface area contributed by atoms with E-state index in [2.05, 4.69) is 21.2 Å². The van der Waals surface area contributed by atoms with E-state index < -0.39 is 0 Å². The van der Waals surface area contributed by atoms with Gasteiger partial charge in [0.05, 0.1) is 6.04 Å². The first-order valence-corrected chi connectivity index (χ1v) is 6.28. The minimum atomic E-state index is -0.0913. The summed E-state index contributed by atoms with van der Waals surface area (Å²) in [5, 5.41) is 2.91. The van der Waals surface area contributed by atoms with Crippen molar-refractivity contribution < 1.29 is 4.79 Å². The number of carbonyl (C=O) groups is 1. The van der Waals surface area contributed by atoms with Crippen LogP contribution in [0.2, 0.25) is 0 Å². The van der Waals surface area contributed by atoms with E-state index in [-0.39, 0.29) is 11.9 Å². The Morgan fingerprint density at radius 1 is 1.35 bits per heavy atom. The molecule has 90 valence electrons. The molecule has 0 aliphatic carbocycles. The van der Waals surface area contributed by atoms with Gasteiger partial charge in [-0.1, -0.05) is 52.4 Å². The quantitative estimate of drug-likeness (QED) is 0.665. The molecule has 0 saturated heterocycles. The summed E-state index contributed by atoms with van der Waals surface area (Å²) < 4.78 is 1.00. The number of benzene rings is 1. The van der Waals surface area contributed by atoms with Crippen molar-refractivity contribution in [2.75, 3.05) is 0 Å². The molecule has 1 rings (SSSR count). The highest BCUT2D eigenvalue weighted by Gasteiger charge is 2.09. The van der Waals surface area contributed by atoms with Crippen LogP contribution >= 0.6 is 15.9 Å². The number of amides is 1. The highest BCUT2D eigenvalue weighted by atomic mass is 79.9. The van der Waals surface area contributed by atoms with E-state index in [0.717, 1.165) is 10.0 Å². The summed E-state index contributed by atoms with van der Waals surface area (Å²) in [5.74, 6) is -0.0913. The highest BCUT2D eigenvalue weighted by Crippen LogP contribution is 2.22. The summed E-state index contributed by atoms with van der Waals surface area (Å²) in [6.45, 7) is 3.87. The number of hydrogen-bond acceptors (Lipinski definition) is 1. The zero-order chi connectivity index (χ0) is 12.7. The molecule has 1 unspecified atom stereocenters. The number of halogens is 1. The molecular formula is C14H16BrNO. The Morgan fingerprint density at radius 2 is 2.06 bits per heavy atom. The number of rotatable bonds is 4. The zero-order valence-electron chi connectivity index (χ0n) is 9.98. The van der Waals surface area contributed by atoms with Crippen molar-refractivity contribution in [2.45, 2.75) is 19.9 Å². The molecule has 1 N–H and O–H groups in total. The van der Waals surface area contributed by atoms with Crippen LogP contribution in [-0.4, -0.2) is 5.91 Å². The standard InChI is InChI=1S/C14H16BrNO/c1-3-4-5-10-14(17)16-11(2)12-8-6-7-9-13(12)15/h3-11H,1-2H3,(H,16,17)/b4-3+,10-5+. The van der Waals surface area contributed by atoms with Crippen LogP contribution in [0, 0.1) is 0 Å². The van der Waals surface area contributed by atoms with Crippen molar-refractivity contribution in [3.8, 4) is 0 Å². The lowest BCUT2D eigenvalue weighted by molar-refractivity contribution is -0.117. The minimum Gasteiger partial charge on any atom is -0.346 e. The molecule has 1 aromatic rings. The lowest BCUT2D eigenvalue weighted by atomic mass is 10.1. The monoisotopic (exact) mass is 293 g/mol. The van der Waals surface area contributed by atoms with Gasteiger partial charge in [-0.3, -0.25) is 4.79 Å². The maximum atomic E-state index is 11.6. The van der Waals surface area contributed by atoms with Gasteiger partial charge in [0.2, 0.25) is 5.91 Å². The minimum absolute atomic E-state index is 0.0201. The van der Waals surface area contributed by atoms with E-state index in [9.17, 15) is 4.79 Å². The van der Waals surface area contributed by atoms with Gasteiger partial charge in [0.1, 0.15) is 0 Å². The van der Waals surface area contributed by atoms with Crippen molar-refractivity contribution in [1.29, 1.82) is 0 Å². The first-order chi connectivity index (χ1) is 8.15. The molecule has 0 radical (unpaired) electrons. The number of hydrogen-bond donors (Lipinski definition) is 1. The molecule has 0 saturated carbocycles. The molecule has 0 aliphatic rings. The Hall–Kier alpha value is -1.35. The van der Waals surface area contributed by atoms with E-state index >= 15 is 0 Å². The molecule has 1 aromatic carbocycles. The summed E-state index contributed by atoms with van der Waals surface area (Å²) in [6, 6.07) is 7.85. The van der Waals surface area contributed by atoms with Crippen molar-refractivity contribution in [1.82, 2.24) is 5.32 Å². The molecule has 0 heterocycles. The Labute approximate surface area is 111 Å². The molecule has 0 spiro atoms. The molecule has 3 heteroatoms. The Bertz CT molecular complexity index is 438. The molecule has 0 bridgehead atoms. The maximum absolute atomic E-state index is 11.6. The Kier molecular flexibility index (Phi) is 5.70. The number of allylic oxidation sites excluding steroid dienone is 3. The number of carbonyl (C=O) groups excluding carboxylic acids is 1. The number of nitrogens with one attached hydrogen (secondary N) is 1. The van der Waals surface area contributed by atoms with Gasteiger partial charge in [-0.25, -0.2) is 0 Å². The average molecular weight is 294 g/mol. The van der Waals surface area contributed by atoms with Crippen LogP contribution in [0.3, 0.4) is 0 Å².